The Labute approximate surface area is 127 Å². The van der Waals surface area contributed by atoms with Crippen molar-refractivity contribution in [3.05, 3.63) is 70.3 Å². The first kappa shape index (κ1) is 15.3. The van der Waals surface area contributed by atoms with Crippen LogP contribution in [0.25, 0.3) is 0 Å². The zero-order valence-corrected chi connectivity index (χ0v) is 13.3. The van der Waals surface area contributed by atoms with Crippen molar-refractivity contribution in [2.75, 3.05) is 7.05 Å². The van der Waals surface area contributed by atoms with Crippen LogP contribution in [-0.4, -0.2) is 17.9 Å². The van der Waals surface area contributed by atoms with Crippen LogP contribution in [0.2, 0.25) is 0 Å². The Morgan fingerprint density at radius 3 is 2.14 bits per heavy atom. The van der Waals surface area contributed by atoms with Gasteiger partial charge in [-0.15, -0.1) is 0 Å². The number of aryl methyl sites for hydroxylation is 3. The van der Waals surface area contributed by atoms with Crippen molar-refractivity contribution in [2.24, 2.45) is 0 Å². The fraction of sp³-hybridized carbons (Fsp3) is 0.316. The van der Waals surface area contributed by atoms with Gasteiger partial charge in [0.05, 0.1) is 0 Å². The van der Waals surface area contributed by atoms with E-state index in [1.54, 1.807) is 4.90 Å². The van der Waals surface area contributed by atoms with Crippen LogP contribution in [0.1, 0.15) is 39.5 Å². The molecule has 0 aromatic heterocycles. The summed E-state index contributed by atoms with van der Waals surface area (Å²) in [5.41, 5.74) is 5.60. The fourth-order valence-corrected chi connectivity index (χ4v) is 2.32. The summed E-state index contributed by atoms with van der Waals surface area (Å²) in [6.07, 6.45) is 1.04. The van der Waals surface area contributed by atoms with Crippen LogP contribution in [0, 0.1) is 13.8 Å². The Hall–Kier alpha value is -2.09. The molecule has 2 nitrogen and oxygen atoms in total. The molecule has 2 heteroatoms. The van der Waals surface area contributed by atoms with Crippen LogP contribution < -0.4 is 0 Å². The molecule has 0 N–H and O–H groups in total. The van der Waals surface area contributed by atoms with Gasteiger partial charge in [-0.2, -0.15) is 0 Å². The van der Waals surface area contributed by atoms with Crippen molar-refractivity contribution in [1.82, 2.24) is 4.90 Å². The molecule has 0 fully saturated rings. The predicted octanol–water partition coefficient (Wildman–Crippen LogP) is 4.14. The van der Waals surface area contributed by atoms with Crippen LogP contribution in [-0.2, 0) is 13.0 Å². The van der Waals surface area contributed by atoms with Crippen LogP contribution >= 0.6 is 0 Å². The third-order valence-electron chi connectivity index (χ3n) is 3.95. The molecule has 2 aromatic rings. The molecule has 0 radical (unpaired) electrons. The lowest BCUT2D eigenvalue weighted by Gasteiger charge is -2.18. The van der Waals surface area contributed by atoms with Gasteiger partial charge < -0.3 is 4.90 Å². The second-order valence-electron chi connectivity index (χ2n) is 5.63. The van der Waals surface area contributed by atoms with Crippen LogP contribution in [0.15, 0.2) is 42.5 Å². The molecule has 0 atom stereocenters. The summed E-state index contributed by atoms with van der Waals surface area (Å²) in [5, 5.41) is 0. The number of carbonyl (C=O) groups excluding carboxylic acids is 1. The van der Waals surface area contributed by atoms with Gasteiger partial charge in [-0.25, -0.2) is 0 Å². The van der Waals surface area contributed by atoms with Crippen molar-refractivity contribution >= 4 is 5.91 Å². The van der Waals surface area contributed by atoms with Crippen LogP contribution in [0.5, 0.6) is 0 Å². The van der Waals surface area contributed by atoms with Gasteiger partial charge in [0.25, 0.3) is 5.91 Å². The largest absolute Gasteiger partial charge is 0.337 e. The highest BCUT2D eigenvalue weighted by Gasteiger charge is 2.12. The van der Waals surface area contributed by atoms with E-state index >= 15 is 0 Å². The van der Waals surface area contributed by atoms with Crippen LogP contribution in [0.3, 0.4) is 0 Å². The average molecular weight is 281 g/mol. The number of hydrogen-bond donors (Lipinski definition) is 0. The molecule has 110 valence electrons. The topological polar surface area (TPSA) is 20.3 Å². The molecule has 21 heavy (non-hydrogen) atoms. The van der Waals surface area contributed by atoms with E-state index in [4.69, 9.17) is 0 Å². The van der Waals surface area contributed by atoms with Gasteiger partial charge in [-0.05, 0) is 54.7 Å². The number of amides is 1. The number of rotatable bonds is 4. The van der Waals surface area contributed by atoms with E-state index in [0.29, 0.717) is 6.54 Å². The van der Waals surface area contributed by atoms with Gasteiger partial charge in [0.2, 0.25) is 0 Å². The molecule has 0 aliphatic heterocycles. The molecule has 0 heterocycles. The van der Waals surface area contributed by atoms with Crippen molar-refractivity contribution in [3.63, 3.8) is 0 Å². The Morgan fingerprint density at radius 2 is 1.57 bits per heavy atom. The van der Waals surface area contributed by atoms with Crippen molar-refractivity contribution < 1.29 is 4.79 Å². The van der Waals surface area contributed by atoms with Gasteiger partial charge >= 0.3 is 0 Å². The summed E-state index contributed by atoms with van der Waals surface area (Å²) in [6.45, 7) is 6.87. The maximum Gasteiger partial charge on any atom is 0.253 e. The molecule has 0 saturated heterocycles. The normalized spacial score (nSPS) is 10.5. The van der Waals surface area contributed by atoms with E-state index in [1.807, 2.05) is 32.2 Å². The first-order valence-electron chi connectivity index (χ1n) is 7.41. The summed E-state index contributed by atoms with van der Waals surface area (Å²) < 4.78 is 0. The Kier molecular flexibility index (Phi) is 4.79. The maximum atomic E-state index is 12.5. The zero-order valence-electron chi connectivity index (χ0n) is 13.3. The summed E-state index contributed by atoms with van der Waals surface area (Å²) in [6, 6.07) is 14.3. The number of benzene rings is 2. The summed E-state index contributed by atoms with van der Waals surface area (Å²) in [4.78, 5) is 14.2. The summed E-state index contributed by atoms with van der Waals surface area (Å²) in [5.74, 6) is 0.0673. The summed E-state index contributed by atoms with van der Waals surface area (Å²) in [7, 11) is 1.85. The van der Waals surface area contributed by atoms with Crippen molar-refractivity contribution in [3.8, 4) is 0 Å². The quantitative estimate of drug-likeness (QED) is 0.825. The second-order valence-corrected chi connectivity index (χ2v) is 5.63. The molecule has 1 amide bonds. The lowest BCUT2D eigenvalue weighted by Crippen LogP contribution is -2.26. The fourth-order valence-electron chi connectivity index (χ4n) is 2.32. The van der Waals surface area contributed by atoms with E-state index in [-0.39, 0.29) is 5.91 Å². The van der Waals surface area contributed by atoms with Gasteiger partial charge in [0.15, 0.2) is 0 Å². The number of hydrogen-bond acceptors (Lipinski definition) is 1. The molecule has 0 aliphatic carbocycles. The highest BCUT2D eigenvalue weighted by Crippen LogP contribution is 2.13. The third-order valence-corrected chi connectivity index (χ3v) is 3.95. The molecule has 0 bridgehead atoms. The van der Waals surface area contributed by atoms with Crippen molar-refractivity contribution in [2.45, 2.75) is 33.7 Å². The Balaban J connectivity index is 2.09. The minimum atomic E-state index is 0.0673. The van der Waals surface area contributed by atoms with E-state index in [9.17, 15) is 4.79 Å². The Morgan fingerprint density at radius 1 is 0.952 bits per heavy atom. The first-order chi connectivity index (χ1) is 10.0. The smallest absolute Gasteiger partial charge is 0.253 e. The van der Waals surface area contributed by atoms with Gasteiger partial charge in [0, 0.05) is 19.2 Å². The molecule has 2 rings (SSSR count). The minimum absolute atomic E-state index is 0.0673. The number of carbonyl (C=O) groups is 1. The predicted molar refractivity (Wildman–Crippen MR) is 87.5 cm³/mol. The molecular weight excluding hydrogens is 258 g/mol. The Bertz CT molecular complexity index is 629. The third kappa shape index (κ3) is 3.72. The van der Waals surface area contributed by atoms with Gasteiger partial charge in [-0.3, -0.25) is 4.79 Å². The lowest BCUT2D eigenvalue weighted by atomic mass is 10.1. The molecule has 0 spiro atoms. The molecular formula is C19H23NO. The highest BCUT2D eigenvalue weighted by atomic mass is 16.2. The monoisotopic (exact) mass is 281 g/mol. The van der Waals surface area contributed by atoms with Crippen LogP contribution in [0.4, 0.5) is 0 Å². The van der Waals surface area contributed by atoms with E-state index in [2.05, 4.69) is 38.1 Å². The summed E-state index contributed by atoms with van der Waals surface area (Å²) >= 11 is 0. The molecule has 0 unspecified atom stereocenters. The minimum Gasteiger partial charge on any atom is -0.337 e. The van der Waals surface area contributed by atoms with Crippen molar-refractivity contribution in [1.29, 1.82) is 0 Å². The van der Waals surface area contributed by atoms with E-state index < -0.39 is 0 Å². The lowest BCUT2D eigenvalue weighted by molar-refractivity contribution is 0.0785. The van der Waals surface area contributed by atoms with Gasteiger partial charge in [0.1, 0.15) is 0 Å². The SMILES string of the molecule is CCc1ccc(CN(C)C(=O)c2ccc(C)c(C)c2)cc1. The van der Waals surface area contributed by atoms with Gasteiger partial charge in [-0.1, -0.05) is 37.3 Å². The number of nitrogens with zero attached hydrogens (tertiary/aromatic N) is 1. The average Bonchev–Trinajstić information content (AvgIpc) is 2.50. The molecule has 0 aliphatic rings. The molecule has 2 aromatic carbocycles. The van der Waals surface area contributed by atoms with E-state index in [0.717, 1.165) is 23.1 Å². The second kappa shape index (κ2) is 6.57. The molecule has 0 saturated carbocycles. The first-order valence-corrected chi connectivity index (χ1v) is 7.41. The maximum absolute atomic E-state index is 12.5. The zero-order chi connectivity index (χ0) is 15.4. The highest BCUT2D eigenvalue weighted by molar-refractivity contribution is 5.94. The standard InChI is InChI=1S/C19H23NO/c1-5-16-7-9-17(10-8-16)13-20(4)19(21)18-11-6-14(2)15(3)12-18/h6-12H,5,13H2,1-4H3. The van der Waals surface area contributed by atoms with E-state index in [1.165, 1.54) is 11.1 Å².